The van der Waals surface area contributed by atoms with Gasteiger partial charge in [0, 0.05) is 13.0 Å². The molecule has 1 aliphatic carbocycles. The van der Waals surface area contributed by atoms with E-state index in [2.05, 4.69) is 4.98 Å². The number of rotatable bonds is 9. The largest absolute Gasteiger partial charge is 0.480 e. The summed E-state index contributed by atoms with van der Waals surface area (Å²) in [7, 11) is 0. The first-order valence-corrected chi connectivity index (χ1v) is 10.6. The van der Waals surface area contributed by atoms with Gasteiger partial charge < -0.3 is 19.2 Å². The van der Waals surface area contributed by atoms with Crippen molar-refractivity contribution in [2.75, 3.05) is 13.2 Å². The number of nitrogens with zero attached hydrogens (tertiary/aromatic N) is 3. The summed E-state index contributed by atoms with van der Waals surface area (Å²) in [5.41, 5.74) is 1.41. The van der Waals surface area contributed by atoms with Gasteiger partial charge >= 0.3 is 12.1 Å². The van der Waals surface area contributed by atoms with Crippen LogP contribution in [0, 0.1) is 5.92 Å². The lowest BCUT2D eigenvalue weighted by molar-refractivity contribution is -0.144. The van der Waals surface area contributed by atoms with Crippen molar-refractivity contribution in [3.05, 3.63) is 28.5 Å². The first kappa shape index (κ1) is 22.4. The highest BCUT2D eigenvalue weighted by atomic mass is 35.5. The summed E-state index contributed by atoms with van der Waals surface area (Å²) in [6.45, 7) is 0.591. The molecule has 1 fully saturated rings. The maximum Gasteiger partial charge on any atom is 0.410 e. The minimum Gasteiger partial charge on any atom is -0.480 e. The molecule has 3 rings (SSSR count). The Morgan fingerprint density at radius 2 is 2.00 bits per heavy atom. The predicted octanol–water partition coefficient (Wildman–Crippen LogP) is 4.01. The monoisotopic (exact) mass is 455 g/mol. The first-order chi connectivity index (χ1) is 14.4. The fraction of sp³-hybridized carbons (Fsp3) is 0.500. The molecule has 1 unspecified atom stereocenters. The van der Waals surface area contributed by atoms with Crippen LogP contribution in [0.5, 0.6) is 0 Å². The fourth-order valence-electron chi connectivity index (χ4n) is 3.80. The van der Waals surface area contributed by atoms with E-state index >= 15 is 0 Å². The number of benzene rings is 1. The zero-order valence-corrected chi connectivity index (χ0v) is 17.8. The van der Waals surface area contributed by atoms with Gasteiger partial charge in [-0.25, -0.2) is 14.6 Å². The summed E-state index contributed by atoms with van der Waals surface area (Å²) >= 11 is 12.1. The zero-order valence-electron chi connectivity index (χ0n) is 16.3. The van der Waals surface area contributed by atoms with Crippen molar-refractivity contribution in [2.45, 2.75) is 44.7 Å². The molecule has 0 spiro atoms. The molecule has 1 aromatic heterocycles. The van der Waals surface area contributed by atoms with Gasteiger partial charge in [0.15, 0.2) is 0 Å². The number of aromatic nitrogens is 2. The molecule has 0 saturated heterocycles. The van der Waals surface area contributed by atoms with E-state index in [4.69, 9.17) is 27.9 Å². The van der Waals surface area contributed by atoms with E-state index in [0.717, 1.165) is 31.2 Å². The van der Waals surface area contributed by atoms with E-state index in [9.17, 15) is 19.5 Å². The number of carboxylic acid groups (broad SMARTS) is 1. The molecule has 8 nitrogen and oxygen atoms in total. The third kappa shape index (κ3) is 5.23. The van der Waals surface area contributed by atoms with E-state index in [0.29, 0.717) is 28.4 Å². The summed E-state index contributed by atoms with van der Waals surface area (Å²) in [4.78, 5) is 40.7. The lowest BCUT2D eigenvalue weighted by Gasteiger charge is -2.29. The highest BCUT2D eigenvalue weighted by Gasteiger charge is 2.33. The molecule has 1 N–H and O–H groups in total. The van der Waals surface area contributed by atoms with Crippen molar-refractivity contribution in [3.63, 3.8) is 0 Å². The highest BCUT2D eigenvalue weighted by molar-refractivity contribution is 6.42. The topological polar surface area (TPSA) is 102 Å². The number of carbonyl (C=O) groups is 3. The second kappa shape index (κ2) is 10.1. The number of aldehydes is 1. The molecule has 30 heavy (non-hydrogen) atoms. The number of imidazole rings is 1. The molecule has 1 saturated carbocycles. The van der Waals surface area contributed by atoms with E-state index in [-0.39, 0.29) is 25.5 Å². The minimum absolute atomic E-state index is 0.0130. The minimum atomic E-state index is -1.23. The number of halogens is 2. The lowest BCUT2D eigenvalue weighted by Crippen LogP contribution is -2.47. The molecule has 0 aliphatic heterocycles. The van der Waals surface area contributed by atoms with Crippen LogP contribution in [0.15, 0.2) is 18.5 Å². The third-order valence-corrected chi connectivity index (χ3v) is 6.09. The Balaban J connectivity index is 1.66. The quantitative estimate of drug-likeness (QED) is 0.572. The Bertz CT molecular complexity index is 927. The lowest BCUT2D eigenvalue weighted by atomic mass is 10.1. The van der Waals surface area contributed by atoms with Crippen LogP contribution in [0.4, 0.5) is 4.79 Å². The van der Waals surface area contributed by atoms with Crippen molar-refractivity contribution in [1.82, 2.24) is 14.5 Å². The van der Waals surface area contributed by atoms with E-state index in [1.165, 1.54) is 4.90 Å². The second-order valence-electron chi connectivity index (χ2n) is 7.37. The average Bonchev–Trinajstić information content (AvgIpc) is 3.35. The maximum absolute atomic E-state index is 12.7. The van der Waals surface area contributed by atoms with Crippen LogP contribution >= 0.6 is 23.2 Å². The second-order valence-corrected chi connectivity index (χ2v) is 8.18. The molecule has 0 bridgehead atoms. The van der Waals surface area contributed by atoms with Gasteiger partial charge in [0.2, 0.25) is 0 Å². The number of hydrogen-bond acceptors (Lipinski definition) is 5. The number of hydrogen-bond donors (Lipinski definition) is 1. The van der Waals surface area contributed by atoms with Gasteiger partial charge in [-0.1, -0.05) is 36.0 Å². The van der Waals surface area contributed by atoms with Gasteiger partial charge in [-0.2, -0.15) is 0 Å². The van der Waals surface area contributed by atoms with Crippen molar-refractivity contribution >= 4 is 52.6 Å². The van der Waals surface area contributed by atoms with Gasteiger partial charge in [-0.15, -0.1) is 0 Å². The Morgan fingerprint density at radius 3 is 2.67 bits per heavy atom. The summed E-state index contributed by atoms with van der Waals surface area (Å²) in [6, 6.07) is 2.11. The Labute approximate surface area is 183 Å². The van der Waals surface area contributed by atoms with Crippen molar-refractivity contribution in [1.29, 1.82) is 0 Å². The van der Waals surface area contributed by atoms with Crippen LogP contribution in [0.2, 0.25) is 10.0 Å². The van der Waals surface area contributed by atoms with Gasteiger partial charge in [0.25, 0.3) is 0 Å². The molecule has 1 aliphatic rings. The Kier molecular flexibility index (Phi) is 7.55. The molecule has 162 valence electrons. The van der Waals surface area contributed by atoms with Gasteiger partial charge in [-0.3, -0.25) is 4.90 Å². The Morgan fingerprint density at radius 1 is 1.30 bits per heavy atom. The molecule has 1 heterocycles. The van der Waals surface area contributed by atoms with Crippen LogP contribution in [0.25, 0.3) is 11.0 Å². The molecule has 10 heteroatoms. The van der Waals surface area contributed by atoms with Crippen LogP contribution in [0.3, 0.4) is 0 Å². The van der Waals surface area contributed by atoms with Crippen LogP contribution in [0.1, 0.15) is 32.1 Å². The number of fused-ring (bicyclic) bond motifs is 1. The van der Waals surface area contributed by atoms with Crippen LogP contribution < -0.4 is 0 Å². The smallest absolute Gasteiger partial charge is 0.410 e. The number of amides is 1. The fourth-order valence-corrected chi connectivity index (χ4v) is 4.11. The maximum atomic E-state index is 12.7. The summed E-state index contributed by atoms with van der Waals surface area (Å²) < 4.78 is 7.14. The molecule has 1 atom stereocenters. The molecular formula is C20H23Cl2N3O5. The third-order valence-electron chi connectivity index (χ3n) is 5.37. The van der Waals surface area contributed by atoms with Gasteiger partial charge in [0.05, 0.1) is 34.0 Å². The summed E-state index contributed by atoms with van der Waals surface area (Å²) in [5, 5.41) is 10.3. The molecule has 0 radical (unpaired) electrons. The number of aliphatic carboxylic acids is 1. The van der Waals surface area contributed by atoms with E-state index in [1.54, 1.807) is 23.0 Å². The Hall–Kier alpha value is -2.32. The summed E-state index contributed by atoms with van der Waals surface area (Å²) in [5.74, 6) is -1.00. The van der Waals surface area contributed by atoms with Crippen molar-refractivity contribution < 1.29 is 24.2 Å². The molecular weight excluding hydrogens is 433 g/mol. The average molecular weight is 456 g/mol. The zero-order chi connectivity index (χ0) is 21.7. The van der Waals surface area contributed by atoms with Crippen molar-refractivity contribution in [3.8, 4) is 0 Å². The molecule has 1 aromatic carbocycles. The number of carbonyl (C=O) groups excluding carboxylic acids is 2. The standard InChI is InChI=1S/C20H23Cl2N3O5/c21-14-9-16-18(10-15(14)22)24(12-23-16)6-8-30-20(29)25(11-13-3-1-2-4-13)17(5-7-26)19(27)28/h7,9-10,12-13,17H,1-6,8,11H2,(H,27,28). The highest BCUT2D eigenvalue weighted by Crippen LogP contribution is 2.28. The van der Waals surface area contributed by atoms with Crippen LogP contribution in [-0.2, 0) is 20.9 Å². The molecule has 1 amide bonds. The van der Waals surface area contributed by atoms with E-state index in [1.807, 2.05) is 0 Å². The molecule has 2 aromatic rings. The SMILES string of the molecule is O=CCC(C(=O)O)N(CC1CCCC1)C(=O)OCCn1cnc2cc(Cl)c(Cl)cc21. The first-order valence-electron chi connectivity index (χ1n) is 9.80. The van der Waals surface area contributed by atoms with Crippen LogP contribution in [-0.4, -0.2) is 57.1 Å². The normalized spacial score (nSPS) is 15.3. The van der Waals surface area contributed by atoms with E-state index < -0.39 is 18.1 Å². The predicted molar refractivity (Wildman–Crippen MR) is 112 cm³/mol. The number of ether oxygens (including phenoxy) is 1. The van der Waals surface area contributed by atoms with Gasteiger partial charge in [0.1, 0.15) is 18.9 Å². The van der Waals surface area contributed by atoms with Gasteiger partial charge in [-0.05, 0) is 30.9 Å². The van der Waals surface area contributed by atoms with Crippen molar-refractivity contribution in [2.24, 2.45) is 5.92 Å². The number of carboxylic acids is 1. The summed E-state index contributed by atoms with van der Waals surface area (Å²) in [6.07, 6.45) is 5.07.